The van der Waals surface area contributed by atoms with Crippen molar-refractivity contribution in [2.24, 2.45) is 5.92 Å². The SMILES string of the molecule is COCCNC(=O)c1cccc(NC(=O)C2CCOCC2)c1C. The number of amides is 2. The first-order valence-corrected chi connectivity index (χ1v) is 7.89. The average molecular weight is 320 g/mol. The smallest absolute Gasteiger partial charge is 0.251 e. The van der Waals surface area contributed by atoms with Crippen LogP contribution in [0.4, 0.5) is 5.69 Å². The van der Waals surface area contributed by atoms with Gasteiger partial charge in [0.25, 0.3) is 5.91 Å². The first-order chi connectivity index (χ1) is 11.1. The number of benzene rings is 1. The Morgan fingerprint density at radius 3 is 2.74 bits per heavy atom. The van der Waals surface area contributed by atoms with Crippen LogP contribution in [0.1, 0.15) is 28.8 Å². The molecule has 1 saturated heterocycles. The molecule has 0 unspecified atom stereocenters. The lowest BCUT2D eigenvalue weighted by Gasteiger charge is -2.22. The van der Waals surface area contributed by atoms with Gasteiger partial charge in [-0.1, -0.05) is 6.07 Å². The summed E-state index contributed by atoms with van der Waals surface area (Å²) in [6.07, 6.45) is 1.48. The van der Waals surface area contributed by atoms with Gasteiger partial charge in [0.15, 0.2) is 0 Å². The van der Waals surface area contributed by atoms with Gasteiger partial charge in [-0.15, -0.1) is 0 Å². The number of carbonyl (C=O) groups is 2. The molecule has 2 rings (SSSR count). The maximum Gasteiger partial charge on any atom is 0.251 e. The van der Waals surface area contributed by atoms with Gasteiger partial charge in [-0.3, -0.25) is 9.59 Å². The Kier molecular flexibility index (Phi) is 6.55. The van der Waals surface area contributed by atoms with Gasteiger partial charge in [0, 0.05) is 44.0 Å². The summed E-state index contributed by atoms with van der Waals surface area (Å²) in [6.45, 7) is 4.00. The summed E-state index contributed by atoms with van der Waals surface area (Å²) in [6, 6.07) is 5.35. The minimum absolute atomic E-state index is 0.00617. The van der Waals surface area contributed by atoms with Crippen molar-refractivity contribution in [3.05, 3.63) is 29.3 Å². The van der Waals surface area contributed by atoms with E-state index in [0.29, 0.717) is 37.6 Å². The first-order valence-electron chi connectivity index (χ1n) is 7.89. The molecule has 1 fully saturated rings. The first kappa shape index (κ1) is 17.4. The van der Waals surface area contributed by atoms with Crippen LogP contribution in [0.3, 0.4) is 0 Å². The summed E-state index contributed by atoms with van der Waals surface area (Å²) < 4.78 is 10.2. The molecule has 23 heavy (non-hydrogen) atoms. The lowest BCUT2D eigenvalue weighted by Crippen LogP contribution is -2.30. The molecule has 0 aliphatic carbocycles. The van der Waals surface area contributed by atoms with E-state index in [0.717, 1.165) is 18.4 Å². The van der Waals surface area contributed by atoms with Crippen LogP contribution in [0, 0.1) is 12.8 Å². The molecule has 126 valence electrons. The van der Waals surface area contributed by atoms with Crippen molar-refractivity contribution in [1.29, 1.82) is 0 Å². The molecule has 1 aromatic carbocycles. The molecule has 1 aromatic rings. The zero-order valence-corrected chi connectivity index (χ0v) is 13.7. The summed E-state index contributed by atoms with van der Waals surface area (Å²) in [5, 5.41) is 5.73. The van der Waals surface area contributed by atoms with E-state index < -0.39 is 0 Å². The Morgan fingerprint density at radius 1 is 1.30 bits per heavy atom. The Hall–Kier alpha value is -1.92. The van der Waals surface area contributed by atoms with Gasteiger partial charge >= 0.3 is 0 Å². The molecule has 0 aromatic heterocycles. The van der Waals surface area contributed by atoms with Crippen molar-refractivity contribution >= 4 is 17.5 Å². The lowest BCUT2D eigenvalue weighted by molar-refractivity contribution is -0.122. The topological polar surface area (TPSA) is 76.7 Å². The minimum Gasteiger partial charge on any atom is -0.383 e. The second-order valence-electron chi connectivity index (χ2n) is 5.60. The molecule has 1 heterocycles. The van der Waals surface area contributed by atoms with Crippen molar-refractivity contribution in [1.82, 2.24) is 5.32 Å². The van der Waals surface area contributed by atoms with Crippen molar-refractivity contribution < 1.29 is 19.1 Å². The van der Waals surface area contributed by atoms with Crippen LogP contribution < -0.4 is 10.6 Å². The van der Waals surface area contributed by atoms with E-state index in [-0.39, 0.29) is 17.7 Å². The highest BCUT2D eigenvalue weighted by molar-refractivity contribution is 5.99. The van der Waals surface area contributed by atoms with Crippen molar-refractivity contribution in [3.63, 3.8) is 0 Å². The maximum atomic E-state index is 12.3. The molecule has 2 amide bonds. The number of hydrogen-bond donors (Lipinski definition) is 2. The molecule has 2 N–H and O–H groups in total. The third-order valence-electron chi connectivity index (χ3n) is 4.02. The molecule has 0 spiro atoms. The standard InChI is InChI=1S/C17H24N2O4/c1-12-14(17(21)18-8-11-22-2)4-3-5-15(12)19-16(20)13-6-9-23-10-7-13/h3-5,13H,6-11H2,1-2H3,(H,18,21)(H,19,20). The van der Waals surface area contributed by atoms with E-state index in [9.17, 15) is 9.59 Å². The van der Waals surface area contributed by atoms with Crippen molar-refractivity contribution in [3.8, 4) is 0 Å². The van der Waals surface area contributed by atoms with Crippen LogP contribution >= 0.6 is 0 Å². The third kappa shape index (κ3) is 4.77. The number of hydrogen-bond acceptors (Lipinski definition) is 4. The summed E-state index contributed by atoms with van der Waals surface area (Å²) in [5.74, 6) is -0.197. The normalized spacial score (nSPS) is 15.2. The van der Waals surface area contributed by atoms with Crippen LogP contribution in [-0.4, -0.2) is 45.3 Å². The molecule has 0 atom stereocenters. The fraction of sp³-hybridized carbons (Fsp3) is 0.529. The average Bonchev–Trinajstić information content (AvgIpc) is 2.57. The lowest BCUT2D eigenvalue weighted by atomic mass is 9.98. The van der Waals surface area contributed by atoms with Gasteiger partial charge in [-0.2, -0.15) is 0 Å². The number of carbonyl (C=O) groups excluding carboxylic acids is 2. The largest absolute Gasteiger partial charge is 0.383 e. The predicted molar refractivity (Wildman–Crippen MR) is 87.6 cm³/mol. The molecular weight excluding hydrogens is 296 g/mol. The van der Waals surface area contributed by atoms with Crippen LogP contribution in [-0.2, 0) is 14.3 Å². The Bertz CT molecular complexity index is 554. The number of nitrogens with one attached hydrogen (secondary N) is 2. The number of anilines is 1. The maximum absolute atomic E-state index is 12.3. The van der Waals surface area contributed by atoms with Crippen molar-refractivity contribution in [2.75, 3.05) is 38.8 Å². The molecule has 6 heteroatoms. The quantitative estimate of drug-likeness (QED) is 0.783. The van der Waals surface area contributed by atoms with Gasteiger partial charge in [0.2, 0.25) is 5.91 Å². The molecule has 1 aliphatic rings. The molecule has 0 radical (unpaired) electrons. The summed E-state index contributed by atoms with van der Waals surface area (Å²) in [4.78, 5) is 24.5. The summed E-state index contributed by atoms with van der Waals surface area (Å²) >= 11 is 0. The zero-order valence-electron chi connectivity index (χ0n) is 13.7. The second kappa shape index (κ2) is 8.64. The van der Waals surface area contributed by atoms with E-state index in [1.165, 1.54) is 0 Å². The van der Waals surface area contributed by atoms with Crippen LogP contribution in [0.2, 0.25) is 0 Å². The molecule has 0 bridgehead atoms. The number of ether oxygens (including phenoxy) is 2. The van der Waals surface area contributed by atoms with E-state index in [2.05, 4.69) is 10.6 Å². The highest BCUT2D eigenvalue weighted by Gasteiger charge is 2.22. The fourth-order valence-electron chi connectivity index (χ4n) is 2.57. The third-order valence-corrected chi connectivity index (χ3v) is 4.02. The van der Waals surface area contributed by atoms with Gasteiger partial charge in [0.05, 0.1) is 6.61 Å². The van der Waals surface area contributed by atoms with Crippen LogP contribution in [0.15, 0.2) is 18.2 Å². The molecule has 0 saturated carbocycles. The summed E-state index contributed by atoms with van der Waals surface area (Å²) in [7, 11) is 1.59. The van der Waals surface area contributed by atoms with Gasteiger partial charge < -0.3 is 20.1 Å². The van der Waals surface area contributed by atoms with Crippen LogP contribution in [0.5, 0.6) is 0 Å². The Morgan fingerprint density at radius 2 is 2.04 bits per heavy atom. The number of methoxy groups -OCH3 is 1. The van der Waals surface area contributed by atoms with E-state index in [1.54, 1.807) is 19.2 Å². The van der Waals surface area contributed by atoms with Gasteiger partial charge in [0.1, 0.15) is 0 Å². The predicted octanol–water partition coefficient (Wildman–Crippen LogP) is 1.74. The molecular formula is C17H24N2O4. The second-order valence-corrected chi connectivity index (χ2v) is 5.60. The molecule has 1 aliphatic heterocycles. The highest BCUT2D eigenvalue weighted by atomic mass is 16.5. The fourth-order valence-corrected chi connectivity index (χ4v) is 2.57. The van der Waals surface area contributed by atoms with E-state index in [4.69, 9.17) is 9.47 Å². The van der Waals surface area contributed by atoms with Crippen molar-refractivity contribution in [2.45, 2.75) is 19.8 Å². The highest BCUT2D eigenvalue weighted by Crippen LogP contribution is 2.22. The summed E-state index contributed by atoms with van der Waals surface area (Å²) in [5.41, 5.74) is 2.01. The van der Waals surface area contributed by atoms with Gasteiger partial charge in [-0.05, 0) is 37.5 Å². The molecule has 6 nitrogen and oxygen atoms in total. The Labute approximate surface area is 136 Å². The monoisotopic (exact) mass is 320 g/mol. The number of rotatable bonds is 6. The zero-order chi connectivity index (χ0) is 16.7. The Balaban J connectivity index is 2.03. The van der Waals surface area contributed by atoms with Crippen LogP contribution in [0.25, 0.3) is 0 Å². The minimum atomic E-state index is -0.165. The van der Waals surface area contributed by atoms with Gasteiger partial charge in [-0.25, -0.2) is 0 Å². The van der Waals surface area contributed by atoms with E-state index in [1.807, 2.05) is 13.0 Å². The van der Waals surface area contributed by atoms with E-state index >= 15 is 0 Å².